The van der Waals surface area contributed by atoms with Gasteiger partial charge >= 0.3 is 0 Å². The van der Waals surface area contributed by atoms with Crippen molar-refractivity contribution in [2.45, 2.75) is 32.4 Å². The molecule has 0 amide bonds. The van der Waals surface area contributed by atoms with E-state index in [1.165, 1.54) is 32.6 Å². The first-order chi connectivity index (χ1) is 15.2. The molecule has 2 aromatic carbocycles. The third kappa shape index (κ3) is 6.90. The highest BCUT2D eigenvalue weighted by atomic mass is 127. The van der Waals surface area contributed by atoms with Crippen LogP contribution in [0, 0.1) is 0 Å². The van der Waals surface area contributed by atoms with Crippen LogP contribution < -0.4 is 20.1 Å². The Balaban J connectivity index is 0.00000363. The zero-order chi connectivity index (χ0) is 22.1. The van der Waals surface area contributed by atoms with Gasteiger partial charge in [0.25, 0.3) is 0 Å². The zero-order valence-electron chi connectivity index (χ0n) is 19.1. The highest BCUT2D eigenvalue weighted by Gasteiger charge is 2.23. The third-order valence-electron chi connectivity index (χ3n) is 5.53. The fourth-order valence-electron chi connectivity index (χ4n) is 3.93. The van der Waals surface area contributed by atoms with Crippen LogP contribution in [0.4, 0.5) is 0 Å². The number of nitrogens with zero attached hydrogens (tertiary/aromatic N) is 2. The molecule has 176 valence electrons. The van der Waals surface area contributed by atoms with Crippen molar-refractivity contribution in [3.8, 4) is 17.2 Å². The second-order valence-corrected chi connectivity index (χ2v) is 7.59. The van der Waals surface area contributed by atoms with Gasteiger partial charge in [-0.05, 0) is 56.1 Å². The van der Waals surface area contributed by atoms with Crippen molar-refractivity contribution in [1.29, 1.82) is 0 Å². The normalized spacial score (nSPS) is 15.0. The molecule has 1 aliphatic heterocycles. The van der Waals surface area contributed by atoms with Gasteiger partial charge in [-0.15, -0.1) is 24.0 Å². The van der Waals surface area contributed by atoms with Crippen LogP contribution in [0.1, 0.15) is 36.9 Å². The van der Waals surface area contributed by atoms with Crippen molar-refractivity contribution in [2.24, 2.45) is 4.99 Å². The highest BCUT2D eigenvalue weighted by Crippen LogP contribution is 2.37. The van der Waals surface area contributed by atoms with Crippen LogP contribution in [0.15, 0.2) is 47.5 Å². The van der Waals surface area contributed by atoms with E-state index in [0.717, 1.165) is 37.7 Å². The first-order valence-electron chi connectivity index (χ1n) is 10.9. The molecule has 8 heteroatoms. The summed E-state index contributed by atoms with van der Waals surface area (Å²) in [6.45, 7) is 6.29. The van der Waals surface area contributed by atoms with E-state index < -0.39 is 0 Å². The summed E-state index contributed by atoms with van der Waals surface area (Å²) in [6, 6.07) is 14.5. The van der Waals surface area contributed by atoms with E-state index in [4.69, 9.17) is 14.5 Å². The monoisotopic (exact) mass is 554 g/mol. The van der Waals surface area contributed by atoms with Crippen LogP contribution in [0.5, 0.6) is 17.2 Å². The molecular weight excluding hydrogens is 519 g/mol. The fourth-order valence-corrected chi connectivity index (χ4v) is 3.93. The number of guanidine groups is 1. The van der Waals surface area contributed by atoms with E-state index in [1.54, 1.807) is 12.1 Å². The smallest absolute Gasteiger partial charge is 0.200 e. The van der Waals surface area contributed by atoms with Crippen molar-refractivity contribution < 1.29 is 14.6 Å². The van der Waals surface area contributed by atoms with E-state index in [0.29, 0.717) is 24.1 Å². The van der Waals surface area contributed by atoms with Crippen LogP contribution in [-0.2, 0) is 6.54 Å². The summed E-state index contributed by atoms with van der Waals surface area (Å²) in [4.78, 5) is 7.28. The number of rotatable bonds is 9. The number of aromatic hydroxyl groups is 1. The molecule has 7 nitrogen and oxygen atoms in total. The Morgan fingerprint density at radius 3 is 2.25 bits per heavy atom. The molecule has 0 saturated carbocycles. The first-order valence-corrected chi connectivity index (χ1v) is 10.9. The Bertz CT molecular complexity index is 833. The standard InChI is InChI=1S/C24H34N4O3.HI/c1-4-25-24(26-16-18-14-21(30-2)23(29)22(15-18)31-3)27-17-20(28-12-8-9-13-28)19-10-6-5-7-11-19;/h5-7,10-11,14-15,20,29H,4,8-9,12-13,16-17H2,1-3H3,(H2,25,26,27);1H. The SMILES string of the molecule is CCNC(=NCc1cc(OC)c(O)c(OC)c1)NCC(c1ccccc1)N1CCCC1.I. The van der Waals surface area contributed by atoms with Gasteiger partial charge in [-0.2, -0.15) is 0 Å². The number of phenols is 1. The van der Waals surface area contributed by atoms with Crippen LogP contribution in [-0.4, -0.2) is 56.4 Å². The van der Waals surface area contributed by atoms with E-state index in [-0.39, 0.29) is 29.7 Å². The van der Waals surface area contributed by atoms with Gasteiger partial charge in [-0.1, -0.05) is 30.3 Å². The molecule has 32 heavy (non-hydrogen) atoms. The average molecular weight is 554 g/mol. The summed E-state index contributed by atoms with van der Waals surface area (Å²) in [7, 11) is 3.05. The van der Waals surface area contributed by atoms with Gasteiger partial charge in [0, 0.05) is 13.1 Å². The fraction of sp³-hybridized carbons (Fsp3) is 0.458. The van der Waals surface area contributed by atoms with Crippen LogP contribution in [0.2, 0.25) is 0 Å². The number of benzene rings is 2. The van der Waals surface area contributed by atoms with Crippen LogP contribution >= 0.6 is 24.0 Å². The lowest BCUT2D eigenvalue weighted by Crippen LogP contribution is -2.42. The van der Waals surface area contributed by atoms with Gasteiger partial charge in [-0.3, -0.25) is 4.90 Å². The summed E-state index contributed by atoms with van der Waals surface area (Å²) in [6.07, 6.45) is 2.50. The molecule has 0 spiro atoms. The maximum atomic E-state index is 10.1. The minimum atomic E-state index is -0.000854. The molecule has 0 aromatic heterocycles. The van der Waals surface area contributed by atoms with Crippen LogP contribution in [0.25, 0.3) is 0 Å². The van der Waals surface area contributed by atoms with E-state index in [2.05, 4.69) is 52.8 Å². The zero-order valence-corrected chi connectivity index (χ0v) is 21.5. The lowest BCUT2D eigenvalue weighted by atomic mass is 10.1. The molecule has 0 bridgehead atoms. The lowest BCUT2D eigenvalue weighted by molar-refractivity contribution is 0.245. The Labute approximate surface area is 208 Å². The Kier molecular flexibility index (Phi) is 10.9. The maximum Gasteiger partial charge on any atom is 0.200 e. The molecular formula is C24H35IN4O3. The summed E-state index contributed by atoms with van der Waals surface area (Å²) < 4.78 is 10.5. The summed E-state index contributed by atoms with van der Waals surface area (Å²) in [5, 5.41) is 17.0. The first kappa shape index (κ1) is 26.1. The topological polar surface area (TPSA) is 78.4 Å². The van der Waals surface area contributed by atoms with E-state index >= 15 is 0 Å². The second-order valence-electron chi connectivity index (χ2n) is 7.59. The van der Waals surface area contributed by atoms with Gasteiger partial charge in [0.2, 0.25) is 5.75 Å². The number of halogens is 1. The molecule has 0 radical (unpaired) electrons. The maximum absolute atomic E-state index is 10.1. The predicted octanol–water partition coefficient (Wildman–Crippen LogP) is 3.92. The largest absolute Gasteiger partial charge is 0.502 e. The number of hydrogen-bond donors (Lipinski definition) is 3. The minimum Gasteiger partial charge on any atom is -0.502 e. The Hall–Kier alpha value is -2.20. The Morgan fingerprint density at radius 1 is 1.06 bits per heavy atom. The molecule has 1 aliphatic rings. The molecule has 3 rings (SSSR count). The molecule has 1 unspecified atom stereocenters. The van der Waals surface area contributed by atoms with Crippen molar-refractivity contribution in [3.05, 3.63) is 53.6 Å². The van der Waals surface area contributed by atoms with Gasteiger partial charge in [0.05, 0.1) is 26.8 Å². The predicted molar refractivity (Wildman–Crippen MR) is 139 cm³/mol. The second kappa shape index (κ2) is 13.4. The average Bonchev–Trinajstić information content (AvgIpc) is 3.33. The van der Waals surface area contributed by atoms with E-state index in [1.807, 2.05) is 0 Å². The van der Waals surface area contributed by atoms with E-state index in [9.17, 15) is 5.11 Å². The van der Waals surface area contributed by atoms with Crippen molar-refractivity contribution >= 4 is 29.9 Å². The number of nitrogens with one attached hydrogen (secondary N) is 2. The summed E-state index contributed by atoms with van der Waals surface area (Å²) in [5.74, 6) is 1.51. The molecule has 1 saturated heterocycles. The highest BCUT2D eigenvalue weighted by molar-refractivity contribution is 14.0. The summed E-state index contributed by atoms with van der Waals surface area (Å²) >= 11 is 0. The number of ether oxygens (including phenoxy) is 2. The quantitative estimate of drug-likeness (QED) is 0.248. The third-order valence-corrected chi connectivity index (χ3v) is 5.53. The van der Waals surface area contributed by atoms with Crippen molar-refractivity contribution in [2.75, 3.05) is 40.4 Å². The van der Waals surface area contributed by atoms with Gasteiger partial charge in [0.15, 0.2) is 17.5 Å². The molecule has 0 aliphatic carbocycles. The molecule has 2 aromatic rings. The molecule has 3 N–H and O–H groups in total. The molecule has 1 heterocycles. The minimum absolute atomic E-state index is 0. The number of hydrogen-bond acceptors (Lipinski definition) is 5. The number of aliphatic imine (C=N–C) groups is 1. The van der Waals surface area contributed by atoms with Gasteiger partial charge in [0.1, 0.15) is 0 Å². The van der Waals surface area contributed by atoms with Gasteiger partial charge < -0.3 is 25.2 Å². The molecule has 1 fully saturated rings. The summed E-state index contributed by atoms with van der Waals surface area (Å²) in [5.41, 5.74) is 2.21. The van der Waals surface area contributed by atoms with Crippen LogP contribution in [0.3, 0.4) is 0 Å². The van der Waals surface area contributed by atoms with Gasteiger partial charge in [-0.25, -0.2) is 4.99 Å². The lowest BCUT2D eigenvalue weighted by Gasteiger charge is -2.29. The van der Waals surface area contributed by atoms with Crippen molar-refractivity contribution in [3.63, 3.8) is 0 Å². The van der Waals surface area contributed by atoms with Crippen molar-refractivity contribution in [1.82, 2.24) is 15.5 Å². The number of methoxy groups -OCH3 is 2. The number of likely N-dealkylation sites (tertiary alicyclic amines) is 1. The Morgan fingerprint density at radius 2 is 1.69 bits per heavy atom. The molecule has 1 atom stereocenters. The number of phenolic OH excluding ortho intramolecular Hbond substituents is 1.